The van der Waals surface area contributed by atoms with Crippen molar-refractivity contribution in [2.45, 2.75) is 57.8 Å². The average Bonchev–Trinajstić information content (AvgIpc) is 1.52. The van der Waals surface area contributed by atoms with Crippen LogP contribution < -0.4 is 0 Å². The zero-order valence-corrected chi connectivity index (χ0v) is 82.3. The molecule has 12 heteroatoms. The highest BCUT2D eigenvalue weighted by Gasteiger charge is 2.41. The number of hydrogen-bond donors (Lipinski definition) is 0. The van der Waals surface area contributed by atoms with Crippen molar-refractivity contribution in [2.24, 2.45) is 0 Å². The summed E-state index contributed by atoms with van der Waals surface area (Å²) in [5.74, 6) is 3.10. The van der Waals surface area contributed by atoms with Crippen LogP contribution in [-0.2, 0) is 16.2 Å². The molecule has 0 radical (unpaired) electrons. The fourth-order valence-corrected chi connectivity index (χ4v) is 25.0. The Morgan fingerprint density at radius 2 is 0.380 bits per heavy atom. The maximum absolute atomic E-state index is 8.82. The minimum absolute atomic E-state index is 0.0287. The SMILES string of the molecule is CC1(C)c2cccc3c4ccccc4c4cccc5c4c4c(c1ccc4n5-c1nc(-c4ccccc4)nc(-c4ccc(-c5ccccc5)cc4)n1)c23.CC1(C)c2cccc3c4ccccc4c4cccc5c4c4c(c1ccc4n5-c1nc(-c4ccccc4)nc(-c4cccc(-c5ccccc5)c4)n1)c23.[2H]c1c([2H])c([2H])c(-c2nc(-c3c([2H])c([2H])c([2H])c([2H])c3[2H])nc(-n3c4cccc5c6ccccc6c6cccc7c6c6c(ccc3c6c54)C7(C)C)n2)c([2H])c1[2H]. The van der Waals surface area contributed by atoms with Crippen LogP contribution in [0.15, 0.2) is 449 Å². The van der Waals surface area contributed by atoms with Crippen LogP contribution in [0.25, 0.3) is 271 Å². The molecule has 0 N–H and O–H groups in total. The third kappa shape index (κ3) is 12.8. The van der Waals surface area contributed by atoms with Crippen LogP contribution in [0.4, 0.5) is 0 Å². The lowest BCUT2D eigenvalue weighted by Crippen LogP contribution is -2.15. The molecule has 6 heterocycles. The van der Waals surface area contributed by atoms with Gasteiger partial charge in [-0.05, 0) is 195 Å². The van der Waals surface area contributed by atoms with Gasteiger partial charge in [-0.1, -0.05) is 448 Å². The fraction of sp³-hybridized carbons (Fsp3) is 0.0652. The van der Waals surface area contributed by atoms with Gasteiger partial charge >= 0.3 is 0 Å². The molecule has 3 aliphatic carbocycles. The van der Waals surface area contributed by atoms with Gasteiger partial charge in [-0.25, -0.2) is 15.0 Å². The largest absolute Gasteiger partial charge is 0.278 e. The molecule has 0 atom stereocenters. The Balaban J connectivity index is 0.000000108. The van der Waals surface area contributed by atoms with Gasteiger partial charge in [0, 0.05) is 81.9 Å². The molecule has 0 unspecified atom stereocenters. The van der Waals surface area contributed by atoms with Gasteiger partial charge in [0.15, 0.2) is 34.9 Å². The third-order valence-corrected chi connectivity index (χ3v) is 31.8. The second-order valence-electron chi connectivity index (χ2n) is 40.9. The summed E-state index contributed by atoms with van der Waals surface area (Å²) in [5, 5.41) is 28.6. The lowest BCUT2D eigenvalue weighted by Gasteiger charge is -2.22. The van der Waals surface area contributed by atoms with Crippen molar-refractivity contribution in [1.29, 1.82) is 0 Å². The Labute approximate surface area is 877 Å². The van der Waals surface area contributed by atoms with Crippen LogP contribution in [0, 0.1) is 0 Å². The van der Waals surface area contributed by atoms with E-state index in [0.29, 0.717) is 46.2 Å². The van der Waals surface area contributed by atoms with E-state index in [-0.39, 0.29) is 45.0 Å². The summed E-state index contributed by atoms with van der Waals surface area (Å²) >= 11 is 0. The fourth-order valence-electron chi connectivity index (χ4n) is 25.0. The second kappa shape index (κ2) is 32.9. The minimum Gasteiger partial charge on any atom is -0.278 e. The summed E-state index contributed by atoms with van der Waals surface area (Å²) in [4.78, 5) is 45.5. The molecule has 0 saturated carbocycles. The van der Waals surface area contributed by atoms with E-state index >= 15 is 0 Å². The molecule has 0 fully saturated rings. The van der Waals surface area contributed by atoms with Gasteiger partial charge in [-0.2, -0.15) is 29.9 Å². The molecule has 704 valence electrons. The third-order valence-electron chi connectivity index (χ3n) is 31.8. The molecule has 0 aliphatic heterocycles. The van der Waals surface area contributed by atoms with Gasteiger partial charge in [-0.3, -0.25) is 13.7 Å². The summed E-state index contributed by atoms with van der Waals surface area (Å²) in [6.45, 7) is 13.9. The first-order valence-electron chi connectivity index (χ1n) is 55.8. The number of fused-ring (bicyclic) bond motifs is 9. The summed E-state index contributed by atoms with van der Waals surface area (Å²) in [6, 6.07) is 132. The number of aromatic nitrogens is 12. The van der Waals surface area contributed by atoms with Crippen molar-refractivity contribution in [3.8, 4) is 108 Å². The Morgan fingerprint density at radius 3 is 0.707 bits per heavy atom. The predicted molar refractivity (Wildman–Crippen MR) is 620 cm³/mol. The van der Waals surface area contributed by atoms with Crippen LogP contribution in [-0.4, -0.2) is 58.6 Å². The number of nitrogens with zero attached hydrogens (tertiary/aromatic N) is 12. The maximum Gasteiger partial charge on any atom is 0.238 e. The van der Waals surface area contributed by atoms with Crippen molar-refractivity contribution in [3.05, 3.63) is 482 Å². The van der Waals surface area contributed by atoms with Crippen LogP contribution in [0.1, 0.15) is 88.6 Å². The molecule has 23 aromatic carbocycles. The standard InChI is InChI=1S/2C48H32N4.C42H28N4/c1-48(2)37-24-12-22-35-33-20-9-10-21-34(33)36-23-13-25-39-42(36)44-40(27-26-38(48)43(44)41(35)37)52(39)47-50-45(30-16-7-4-8-17-30)49-46(51-47)32-19-11-18-31(28-32)29-14-5-3-6-15-29;1-48(2)37-21-11-19-35-33-17-9-10-18-34(33)36-20-12-22-39-42(36)44-40(28-27-38(48)43(44)41(35)37)52(39)47-50-45(31-15-7-4-8-16-31)49-46(51-47)32-25-23-30(24-26-32)29-13-5-3-6-14-29;1-42(2)31-21-11-19-29-27-17-9-10-18-28(27)30-20-12-22-33-36(30)38-34(24-23-32(42)37(38)35(29)31)46(33)41-44-39(25-13-5-3-6-14-25)43-40(45-41)26-15-7-4-8-16-26/h2*3-28H,1-2H3;3-24H,1-2H3/i;;3D,4D,5D,6D,7D,8D,13D,14D,15D,16D. The van der Waals surface area contributed by atoms with Gasteiger partial charge in [0.1, 0.15) is 0 Å². The minimum atomic E-state index is -0.599. The van der Waals surface area contributed by atoms with E-state index < -0.39 is 60.4 Å². The van der Waals surface area contributed by atoms with Gasteiger partial charge in [0.05, 0.1) is 46.8 Å². The molecule has 0 spiro atoms. The zero-order valence-electron chi connectivity index (χ0n) is 92.3. The lowest BCUT2D eigenvalue weighted by molar-refractivity contribution is 0.663. The smallest absolute Gasteiger partial charge is 0.238 e. The number of hydrogen-bond acceptors (Lipinski definition) is 9. The van der Waals surface area contributed by atoms with Crippen molar-refractivity contribution >= 4 is 162 Å². The summed E-state index contributed by atoms with van der Waals surface area (Å²) in [5.41, 5.74) is 20.7. The Hall–Kier alpha value is -19.2. The first-order chi connectivity index (χ1) is 77.9. The van der Waals surface area contributed by atoms with Crippen LogP contribution in [0.3, 0.4) is 0 Å². The van der Waals surface area contributed by atoms with E-state index in [1.165, 1.54) is 120 Å². The van der Waals surface area contributed by atoms with E-state index in [4.69, 9.17) is 53.6 Å². The van der Waals surface area contributed by atoms with Crippen LogP contribution in [0.5, 0.6) is 0 Å². The van der Waals surface area contributed by atoms with E-state index in [1.807, 2.05) is 83.4 Å². The van der Waals surface area contributed by atoms with Gasteiger partial charge in [0.25, 0.3) is 0 Å². The first-order valence-corrected chi connectivity index (χ1v) is 50.8. The number of rotatable bonds is 11. The maximum atomic E-state index is 8.82. The van der Waals surface area contributed by atoms with Gasteiger partial charge in [-0.15, -0.1) is 0 Å². The van der Waals surface area contributed by atoms with E-state index in [1.54, 1.807) is 0 Å². The molecule has 0 amide bonds. The highest BCUT2D eigenvalue weighted by molar-refractivity contribution is 6.39. The molecule has 12 nitrogen and oxygen atoms in total. The Bertz CT molecular complexity index is 11400. The summed E-state index contributed by atoms with van der Waals surface area (Å²) < 4.78 is 91.7. The Kier molecular flexibility index (Phi) is 16.8. The average molecular weight is 1930 g/mol. The van der Waals surface area contributed by atoms with Crippen molar-refractivity contribution in [1.82, 2.24) is 58.6 Å². The van der Waals surface area contributed by atoms with Crippen molar-refractivity contribution in [3.63, 3.8) is 0 Å². The Morgan fingerprint density at radius 1 is 0.160 bits per heavy atom. The molecule has 3 aliphatic rings. The normalized spacial score (nSPS) is 14.4. The van der Waals surface area contributed by atoms with E-state index in [2.05, 4.69) is 365 Å². The highest BCUT2D eigenvalue weighted by Crippen LogP contribution is 2.58. The van der Waals surface area contributed by atoms with Crippen LogP contribution >= 0.6 is 0 Å². The second-order valence-corrected chi connectivity index (χ2v) is 40.9. The van der Waals surface area contributed by atoms with Crippen molar-refractivity contribution in [2.75, 3.05) is 0 Å². The molecule has 150 heavy (non-hydrogen) atoms. The molecule has 6 aromatic heterocycles. The summed E-state index contributed by atoms with van der Waals surface area (Å²) in [7, 11) is 0. The number of benzene rings is 20. The highest BCUT2D eigenvalue weighted by atomic mass is 15.2. The topological polar surface area (TPSA) is 131 Å². The molecular weight excluding hydrogens is 1830 g/mol. The zero-order chi connectivity index (χ0) is 108. The molecule has 0 saturated heterocycles. The summed E-state index contributed by atoms with van der Waals surface area (Å²) in [6.07, 6.45) is 0. The van der Waals surface area contributed by atoms with Crippen molar-refractivity contribution < 1.29 is 13.7 Å². The van der Waals surface area contributed by atoms with Gasteiger partial charge < -0.3 is 0 Å². The van der Waals surface area contributed by atoms with Gasteiger partial charge in [0.2, 0.25) is 17.8 Å². The lowest BCUT2D eigenvalue weighted by atomic mass is 9.81. The van der Waals surface area contributed by atoms with Crippen LogP contribution in [0.2, 0.25) is 0 Å². The monoisotopic (exact) mass is 1930 g/mol. The quantitative estimate of drug-likeness (QED) is 0.124. The van der Waals surface area contributed by atoms with E-state index in [9.17, 15) is 0 Å². The van der Waals surface area contributed by atoms with E-state index in [0.717, 1.165) is 110 Å². The first kappa shape index (κ1) is 76.5. The molecule has 29 aromatic rings. The predicted octanol–water partition coefficient (Wildman–Crippen LogP) is 34.5. The molecular formula is C138H92N12. The molecule has 0 bridgehead atoms. The molecule has 32 rings (SSSR count).